The third-order valence-electron chi connectivity index (χ3n) is 2.95. The second-order valence-electron chi connectivity index (χ2n) is 4.86. The van der Waals surface area contributed by atoms with Crippen molar-refractivity contribution in [3.63, 3.8) is 0 Å². The lowest BCUT2D eigenvalue weighted by atomic mass is 10.4. The Kier molecular flexibility index (Phi) is 5.05. The number of pyridine rings is 1. The summed E-state index contributed by atoms with van der Waals surface area (Å²) < 4.78 is 2.81. The van der Waals surface area contributed by atoms with Gasteiger partial charge in [-0.25, -0.2) is 14.8 Å². The summed E-state index contributed by atoms with van der Waals surface area (Å²) in [5, 5.41) is 2.59. The van der Waals surface area contributed by atoms with E-state index in [-0.39, 0.29) is 11.4 Å². The Morgan fingerprint density at radius 2 is 2.29 bits per heavy atom. The summed E-state index contributed by atoms with van der Waals surface area (Å²) in [6.45, 7) is 2.92. The maximum absolute atomic E-state index is 11.5. The van der Waals surface area contributed by atoms with Gasteiger partial charge in [0.2, 0.25) is 0 Å². The molecule has 0 aliphatic carbocycles. The first-order valence-electron chi connectivity index (χ1n) is 6.51. The molecule has 0 saturated carbocycles. The van der Waals surface area contributed by atoms with Crippen LogP contribution in [0.1, 0.15) is 18.1 Å². The first-order chi connectivity index (χ1) is 9.90. The van der Waals surface area contributed by atoms with Crippen LogP contribution in [0, 0.1) is 0 Å². The molecule has 1 atom stereocenters. The third-order valence-corrected chi connectivity index (χ3v) is 3.58. The lowest BCUT2D eigenvalue weighted by Gasteiger charge is -2.14. The molecule has 21 heavy (non-hydrogen) atoms. The molecule has 2 aromatic heterocycles. The number of imidazole rings is 1. The van der Waals surface area contributed by atoms with Crippen LogP contribution >= 0.6 is 27.5 Å². The van der Waals surface area contributed by atoms with Gasteiger partial charge in [0.15, 0.2) is 5.65 Å². The number of halogens is 2. The number of carbonyl (C=O) groups is 1. The Morgan fingerprint density at radius 3 is 2.90 bits per heavy atom. The summed E-state index contributed by atoms with van der Waals surface area (Å²) in [7, 11) is 3.40. The molecule has 0 radical (unpaired) electrons. The van der Waals surface area contributed by atoms with E-state index in [9.17, 15) is 4.79 Å². The molecule has 0 aliphatic rings. The highest BCUT2D eigenvalue weighted by Gasteiger charge is 2.16. The highest BCUT2D eigenvalue weighted by atomic mass is 79.9. The largest absolute Gasteiger partial charge is 0.336 e. The Bertz CT molecular complexity index is 655. The van der Waals surface area contributed by atoms with E-state index in [1.165, 1.54) is 4.90 Å². The maximum atomic E-state index is 11.5. The zero-order chi connectivity index (χ0) is 15.6. The second-order valence-corrected chi connectivity index (χ2v) is 6.43. The Morgan fingerprint density at radius 1 is 1.57 bits per heavy atom. The van der Waals surface area contributed by atoms with Gasteiger partial charge in [-0.3, -0.25) is 0 Å². The molecule has 0 aromatic carbocycles. The van der Waals surface area contributed by atoms with Gasteiger partial charge in [-0.1, -0.05) is 0 Å². The molecule has 8 heteroatoms. The van der Waals surface area contributed by atoms with Gasteiger partial charge in [0.1, 0.15) is 11.3 Å². The fraction of sp³-hybridized carbons (Fsp3) is 0.462. The molecule has 0 aliphatic heterocycles. The molecular weight excluding hydrogens is 358 g/mol. The molecule has 0 saturated heterocycles. The number of nitrogens with one attached hydrogen (secondary N) is 1. The number of aromatic nitrogens is 3. The van der Waals surface area contributed by atoms with Crippen LogP contribution in [-0.4, -0.2) is 46.1 Å². The number of carbonyl (C=O) groups excluding carboxylic acids is 1. The van der Waals surface area contributed by atoms with Crippen LogP contribution in [0.15, 0.2) is 16.7 Å². The Hall–Kier alpha value is -1.34. The van der Waals surface area contributed by atoms with E-state index in [2.05, 4.69) is 31.2 Å². The van der Waals surface area contributed by atoms with Gasteiger partial charge in [0.25, 0.3) is 0 Å². The van der Waals surface area contributed by atoms with Gasteiger partial charge in [-0.15, -0.1) is 11.6 Å². The van der Waals surface area contributed by atoms with E-state index >= 15 is 0 Å². The summed E-state index contributed by atoms with van der Waals surface area (Å²) in [5.74, 6) is 0.747. The highest BCUT2D eigenvalue weighted by molar-refractivity contribution is 9.10. The maximum Gasteiger partial charge on any atom is 0.316 e. The predicted octanol–water partition coefficient (Wildman–Crippen LogP) is 2.76. The van der Waals surface area contributed by atoms with E-state index in [0.717, 1.165) is 21.5 Å². The van der Waals surface area contributed by atoms with E-state index in [1.54, 1.807) is 20.3 Å². The fourth-order valence-electron chi connectivity index (χ4n) is 1.96. The molecule has 1 N–H and O–H groups in total. The van der Waals surface area contributed by atoms with Crippen LogP contribution in [0.4, 0.5) is 4.79 Å². The number of hydrogen-bond donors (Lipinski definition) is 1. The molecule has 2 amide bonds. The summed E-state index contributed by atoms with van der Waals surface area (Å²) >= 11 is 9.58. The molecule has 0 bridgehead atoms. The predicted molar refractivity (Wildman–Crippen MR) is 86.6 cm³/mol. The van der Waals surface area contributed by atoms with Gasteiger partial charge < -0.3 is 14.8 Å². The van der Waals surface area contributed by atoms with E-state index in [1.807, 2.05) is 17.6 Å². The van der Waals surface area contributed by atoms with E-state index < -0.39 is 0 Å². The number of urea groups is 1. The smallest absolute Gasteiger partial charge is 0.316 e. The van der Waals surface area contributed by atoms with Crippen LogP contribution in [0.25, 0.3) is 11.2 Å². The van der Waals surface area contributed by atoms with Crippen molar-refractivity contribution < 1.29 is 4.79 Å². The number of fused-ring (bicyclic) bond motifs is 1. The normalized spacial score (nSPS) is 12.4. The lowest BCUT2D eigenvalue weighted by molar-refractivity contribution is 0.217. The Labute approximate surface area is 136 Å². The fourth-order valence-corrected chi connectivity index (χ4v) is 2.45. The van der Waals surface area contributed by atoms with Gasteiger partial charge in [-0.2, -0.15) is 0 Å². The molecule has 2 heterocycles. The topological polar surface area (TPSA) is 63.1 Å². The van der Waals surface area contributed by atoms with E-state index in [0.29, 0.717) is 13.1 Å². The van der Waals surface area contributed by atoms with Crippen LogP contribution in [0.2, 0.25) is 0 Å². The van der Waals surface area contributed by atoms with Gasteiger partial charge in [-0.05, 0) is 28.9 Å². The standard InChI is InChI=1S/C13H17BrClN5O/c1-8(15)11-18-10-6-9(14)7-17-12(10)20(11)5-4-16-13(21)19(2)3/h6-8H,4-5H2,1-3H3,(H,16,21). The first-order valence-corrected chi connectivity index (χ1v) is 7.74. The van der Waals surface area contributed by atoms with Gasteiger partial charge in [0.05, 0.1) is 5.38 Å². The van der Waals surface area contributed by atoms with Crippen molar-refractivity contribution in [2.24, 2.45) is 0 Å². The van der Waals surface area contributed by atoms with Crippen molar-refractivity contribution in [2.75, 3.05) is 20.6 Å². The van der Waals surface area contributed by atoms with Crippen LogP contribution in [-0.2, 0) is 6.54 Å². The SMILES string of the molecule is CC(Cl)c1nc2cc(Br)cnc2n1CCNC(=O)N(C)C. The average molecular weight is 375 g/mol. The van der Waals surface area contributed by atoms with Crippen molar-refractivity contribution in [2.45, 2.75) is 18.8 Å². The zero-order valence-corrected chi connectivity index (χ0v) is 14.4. The summed E-state index contributed by atoms with van der Waals surface area (Å²) in [6, 6.07) is 1.77. The summed E-state index contributed by atoms with van der Waals surface area (Å²) in [6.07, 6.45) is 1.72. The number of alkyl halides is 1. The van der Waals surface area contributed by atoms with Crippen molar-refractivity contribution in [3.05, 3.63) is 22.6 Å². The molecule has 0 fully saturated rings. The molecule has 114 valence electrons. The molecule has 0 spiro atoms. The number of hydrogen-bond acceptors (Lipinski definition) is 3. The van der Waals surface area contributed by atoms with Crippen molar-refractivity contribution in [3.8, 4) is 0 Å². The van der Waals surface area contributed by atoms with Crippen LogP contribution in [0.3, 0.4) is 0 Å². The molecular formula is C13H17BrClN5O. The minimum Gasteiger partial charge on any atom is -0.336 e. The molecule has 1 unspecified atom stereocenters. The van der Waals surface area contributed by atoms with Crippen LogP contribution in [0.5, 0.6) is 0 Å². The quantitative estimate of drug-likeness (QED) is 0.837. The minimum atomic E-state index is -0.234. The van der Waals surface area contributed by atoms with Crippen molar-refractivity contribution in [1.82, 2.24) is 24.8 Å². The monoisotopic (exact) mass is 373 g/mol. The zero-order valence-electron chi connectivity index (χ0n) is 12.1. The number of rotatable bonds is 4. The summed E-state index contributed by atoms with van der Waals surface area (Å²) in [5.41, 5.74) is 1.55. The second kappa shape index (κ2) is 6.62. The number of amides is 2. The van der Waals surface area contributed by atoms with Crippen LogP contribution < -0.4 is 5.32 Å². The third kappa shape index (κ3) is 3.65. The Balaban J connectivity index is 2.24. The van der Waals surface area contributed by atoms with Crippen molar-refractivity contribution >= 4 is 44.7 Å². The first kappa shape index (κ1) is 16.0. The minimum absolute atomic E-state index is 0.129. The number of nitrogens with zero attached hydrogens (tertiary/aromatic N) is 4. The van der Waals surface area contributed by atoms with Gasteiger partial charge >= 0.3 is 6.03 Å². The highest BCUT2D eigenvalue weighted by Crippen LogP contribution is 2.24. The average Bonchev–Trinajstić information content (AvgIpc) is 2.76. The summed E-state index contributed by atoms with van der Waals surface area (Å²) in [4.78, 5) is 21.9. The molecule has 2 aromatic rings. The van der Waals surface area contributed by atoms with Gasteiger partial charge in [0, 0.05) is 37.9 Å². The van der Waals surface area contributed by atoms with Crippen molar-refractivity contribution in [1.29, 1.82) is 0 Å². The molecule has 2 rings (SSSR count). The lowest BCUT2D eigenvalue weighted by Crippen LogP contribution is -2.36. The molecule has 6 nitrogen and oxygen atoms in total. The van der Waals surface area contributed by atoms with E-state index in [4.69, 9.17) is 11.6 Å².